The Labute approximate surface area is 162 Å². The predicted molar refractivity (Wildman–Crippen MR) is 109 cm³/mol. The van der Waals surface area contributed by atoms with Crippen LogP contribution in [-0.4, -0.2) is 17.5 Å². The number of para-hydroxylation sites is 2. The number of carbonyl (C=O) groups is 1. The number of rotatable bonds is 2. The summed E-state index contributed by atoms with van der Waals surface area (Å²) in [4.78, 5) is 22.2. The van der Waals surface area contributed by atoms with E-state index in [1.54, 1.807) is 0 Å². The average Bonchev–Trinajstić information content (AvgIpc) is 2.84. The maximum Gasteiger partial charge on any atom is 0.256 e. The van der Waals surface area contributed by atoms with Gasteiger partial charge in [-0.05, 0) is 48.9 Å². The van der Waals surface area contributed by atoms with Gasteiger partial charge in [0.25, 0.3) is 5.91 Å². The lowest BCUT2D eigenvalue weighted by atomic mass is 9.93. The Bertz CT molecular complexity index is 1070. The highest BCUT2D eigenvalue weighted by molar-refractivity contribution is 6.19. The maximum absolute atomic E-state index is 13.2. The molecule has 4 nitrogen and oxygen atoms in total. The molecule has 1 atom stereocenters. The molecule has 5 heteroatoms. The number of hydrogen-bond donors (Lipinski definition) is 1. The number of benzene rings is 3. The second kappa shape index (κ2) is 7.56. The van der Waals surface area contributed by atoms with Crippen molar-refractivity contribution in [1.82, 2.24) is 5.32 Å². The van der Waals surface area contributed by atoms with Crippen LogP contribution in [0.2, 0.25) is 0 Å². The molecule has 0 bridgehead atoms. The third kappa shape index (κ3) is 3.60. The van der Waals surface area contributed by atoms with E-state index < -0.39 is 0 Å². The standard InChI is InChI=1S/C23H18FN3O/c1-15-21(16-7-3-2-4-8-16)22(26-20-10-6-5-9-19(20)25-15)27-23(28)17-11-13-18(24)14-12-17/h2-14,21H,1H3,(H,26,27,28). The highest BCUT2D eigenvalue weighted by Gasteiger charge is 2.26. The van der Waals surface area contributed by atoms with E-state index in [4.69, 9.17) is 9.98 Å². The molecule has 1 aliphatic rings. The number of carbonyl (C=O) groups excluding carboxylic acids is 1. The molecule has 1 N–H and O–H groups in total. The average molecular weight is 371 g/mol. The van der Waals surface area contributed by atoms with Crippen molar-refractivity contribution in [3.8, 4) is 0 Å². The normalized spacial score (nSPS) is 15.7. The zero-order chi connectivity index (χ0) is 19.5. The summed E-state index contributed by atoms with van der Waals surface area (Å²) < 4.78 is 13.2. The maximum atomic E-state index is 13.2. The minimum atomic E-state index is -0.387. The zero-order valence-electron chi connectivity index (χ0n) is 15.3. The molecule has 28 heavy (non-hydrogen) atoms. The Hall–Kier alpha value is -3.60. The molecule has 0 radical (unpaired) electrons. The Balaban J connectivity index is 1.78. The van der Waals surface area contributed by atoms with E-state index in [-0.39, 0.29) is 17.6 Å². The number of halogens is 1. The van der Waals surface area contributed by atoms with Crippen molar-refractivity contribution < 1.29 is 9.18 Å². The third-order valence-electron chi connectivity index (χ3n) is 4.59. The first-order valence-corrected chi connectivity index (χ1v) is 8.96. The van der Waals surface area contributed by atoms with Gasteiger partial charge in [0.05, 0.1) is 17.3 Å². The summed E-state index contributed by atoms with van der Waals surface area (Å²) in [6.07, 6.45) is 0. The van der Waals surface area contributed by atoms with Gasteiger partial charge in [0.2, 0.25) is 0 Å². The quantitative estimate of drug-likeness (QED) is 0.663. The van der Waals surface area contributed by atoms with Gasteiger partial charge in [-0.3, -0.25) is 9.79 Å². The van der Waals surface area contributed by atoms with E-state index in [0.29, 0.717) is 17.1 Å². The van der Waals surface area contributed by atoms with Gasteiger partial charge in [0.1, 0.15) is 11.7 Å². The minimum Gasteiger partial charge on any atom is -0.309 e. The Morgan fingerprint density at radius 1 is 0.857 bits per heavy atom. The number of amides is 1. The van der Waals surface area contributed by atoms with Crippen molar-refractivity contribution in [2.75, 3.05) is 0 Å². The molecule has 0 spiro atoms. The molecule has 138 valence electrons. The van der Waals surface area contributed by atoms with Gasteiger partial charge in [-0.15, -0.1) is 0 Å². The van der Waals surface area contributed by atoms with E-state index in [0.717, 1.165) is 17.0 Å². The predicted octanol–water partition coefficient (Wildman–Crippen LogP) is 5.18. The van der Waals surface area contributed by atoms with Crippen LogP contribution in [0.3, 0.4) is 0 Å². The van der Waals surface area contributed by atoms with E-state index >= 15 is 0 Å². The summed E-state index contributed by atoms with van der Waals surface area (Å²) in [6.45, 7) is 1.93. The van der Waals surface area contributed by atoms with E-state index in [2.05, 4.69) is 5.32 Å². The number of amidine groups is 1. The second-order valence-electron chi connectivity index (χ2n) is 6.54. The van der Waals surface area contributed by atoms with Crippen LogP contribution in [0.5, 0.6) is 0 Å². The van der Waals surface area contributed by atoms with Gasteiger partial charge in [0, 0.05) is 11.3 Å². The molecule has 0 aromatic heterocycles. The highest BCUT2D eigenvalue weighted by atomic mass is 19.1. The van der Waals surface area contributed by atoms with Crippen molar-refractivity contribution >= 4 is 28.8 Å². The van der Waals surface area contributed by atoms with Gasteiger partial charge in [-0.25, -0.2) is 9.38 Å². The molecule has 0 fully saturated rings. The molecule has 3 aromatic rings. The number of fused-ring (bicyclic) bond motifs is 1. The van der Waals surface area contributed by atoms with E-state index in [1.165, 1.54) is 24.3 Å². The van der Waals surface area contributed by atoms with Crippen molar-refractivity contribution in [1.29, 1.82) is 0 Å². The fourth-order valence-electron chi connectivity index (χ4n) is 3.23. The number of nitrogens with zero attached hydrogens (tertiary/aromatic N) is 2. The molecule has 0 saturated carbocycles. The summed E-state index contributed by atoms with van der Waals surface area (Å²) in [6, 6.07) is 22.8. The largest absolute Gasteiger partial charge is 0.309 e. The van der Waals surface area contributed by atoms with Gasteiger partial charge < -0.3 is 5.32 Å². The Kier molecular flexibility index (Phi) is 4.81. The molecule has 0 saturated heterocycles. The van der Waals surface area contributed by atoms with Crippen LogP contribution in [0.4, 0.5) is 15.8 Å². The summed E-state index contributed by atoms with van der Waals surface area (Å²) >= 11 is 0. The minimum absolute atomic E-state index is 0.294. The second-order valence-corrected chi connectivity index (χ2v) is 6.54. The SMILES string of the molecule is CC1=Nc2ccccc2N=C(NC(=O)c2ccc(F)cc2)C1c1ccccc1. The molecule has 0 aliphatic carbocycles. The first kappa shape index (κ1) is 17.8. The van der Waals surface area contributed by atoms with Gasteiger partial charge in [-0.1, -0.05) is 42.5 Å². The van der Waals surface area contributed by atoms with E-state index in [9.17, 15) is 9.18 Å². The van der Waals surface area contributed by atoms with Gasteiger partial charge in [0.15, 0.2) is 0 Å². The van der Waals surface area contributed by atoms with Gasteiger partial charge in [-0.2, -0.15) is 0 Å². The monoisotopic (exact) mass is 371 g/mol. The molecular weight excluding hydrogens is 353 g/mol. The van der Waals surface area contributed by atoms with Crippen molar-refractivity contribution in [3.63, 3.8) is 0 Å². The van der Waals surface area contributed by atoms with Crippen LogP contribution in [-0.2, 0) is 0 Å². The molecule has 1 unspecified atom stereocenters. The lowest BCUT2D eigenvalue weighted by Gasteiger charge is -2.19. The van der Waals surface area contributed by atoms with Crippen LogP contribution in [0, 0.1) is 5.82 Å². The number of aliphatic imine (C=N–C) groups is 2. The molecule has 1 heterocycles. The molecule has 4 rings (SSSR count). The first-order chi connectivity index (χ1) is 13.6. The summed E-state index contributed by atoms with van der Waals surface area (Å²) in [7, 11) is 0. The lowest BCUT2D eigenvalue weighted by Crippen LogP contribution is -2.37. The van der Waals surface area contributed by atoms with Crippen molar-refractivity contribution in [3.05, 3.63) is 95.8 Å². The fourth-order valence-corrected chi connectivity index (χ4v) is 3.23. The third-order valence-corrected chi connectivity index (χ3v) is 4.59. The first-order valence-electron chi connectivity index (χ1n) is 8.96. The summed E-state index contributed by atoms with van der Waals surface area (Å²) in [5.41, 5.74) is 3.62. The van der Waals surface area contributed by atoms with Crippen LogP contribution >= 0.6 is 0 Å². The lowest BCUT2D eigenvalue weighted by molar-refractivity contribution is 0.0976. The van der Waals surface area contributed by atoms with Crippen molar-refractivity contribution in [2.24, 2.45) is 9.98 Å². The van der Waals surface area contributed by atoms with Crippen LogP contribution in [0.1, 0.15) is 28.8 Å². The zero-order valence-corrected chi connectivity index (χ0v) is 15.3. The Morgan fingerprint density at radius 3 is 2.14 bits per heavy atom. The smallest absolute Gasteiger partial charge is 0.256 e. The van der Waals surface area contributed by atoms with E-state index in [1.807, 2.05) is 61.5 Å². The van der Waals surface area contributed by atoms with Gasteiger partial charge >= 0.3 is 0 Å². The number of nitrogens with one attached hydrogen (secondary N) is 1. The summed E-state index contributed by atoms with van der Waals surface area (Å²) in [5, 5.41) is 2.92. The molecule has 1 amide bonds. The Morgan fingerprint density at radius 2 is 1.46 bits per heavy atom. The number of hydrogen-bond acceptors (Lipinski definition) is 3. The molecular formula is C23H18FN3O. The molecule has 3 aromatic carbocycles. The highest BCUT2D eigenvalue weighted by Crippen LogP contribution is 2.34. The van der Waals surface area contributed by atoms with Crippen LogP contribution in [0.15, 0.2) is 88.8 Å². The van der Waals surface area contributed by atoms with Crippen LogP contribution in [0.25, 0.3) is 0 Å². The summed E-state index contributed by atoms with van der Waals surface area (Å²) in [5.74, 6) is -0.529. The fraction of sp³-hybridized carbons (Fsp3) is 0.0870. The van der Waals surface area contributed by atoms with Crippen molar-refractivity contribution in [2.45, 2.75) is 12.8 Å². The topological polar surface area (TPSA) is 53.8 Å². The van der Waals surface area contributed by atoms with Crippen LogP contribution < -0.4 is 5.32 Å². The molecule has 1 aliphatic heterocycles.